The molecule has 37 heavy (non-hydrogen) atoms. The normalized spacial score (nSPS) is 10.8. The largest absolute Gasteiger partial charge is 0.423 e. The molecule has 0 spiro atoms. The van der Waals surface area contributed by atoms with Crippen LogP contribution in [-0.2, 0) is 14.4 Å². The van der Waals surface area contributed by atoms with Crippen LogP contribution in [0, 0.1) is 5.41 Å². The van der Waals surface area contributed by atoms with Crippen LogP contribution in [0.1, 0.15) is 34.6 Å². The Balaban J connectivity index is 1.86. The highest BCUT2D eigenvalue weighted by Gasteiger charge is 2.25. The number of carbonyl (C=O) groups excluding carboxylic acids is 3. The first-order valence-electron chi connectivity index (χ1n) is 11.7. The molecule has 6 heteroatoms. The van der Waals surface area contributed by atoms with Gasteiger partial charge in [-0.3, -0.25) is 4.79 Å². The molecule has 190 valence electrons. The molecule has 0 saturated carbocycles. The smallest absolute Gasteiger partial charge is 0.338 e. The number of ether oxygens (including phenoxy) is 3. The van der Waals surface area contributed by atoms with E-state index >= 15 is 0 Å². The zero-order valence-corrected chi connectivity index (χ0v) is 21.7. The molecule has 0 aliphatic carbocycles. The lowest BCUT2D eigenvalue weighted by Crippen LogP contribution is -2.26. The van der Waals surface area contributed by atoms with Crippen molar-refractivity contribution in [3.63, 3.8) is 0 Å². The van der Waals surface area contributed by atoms with Gasteiger partial charge >= 0.3 is 17.9 Å². The molecule has 0 atom stereocenters. The van der Waals surface area contributed by atoms with E-state index in [1.165, 1.54) is 0 Å². The third-order valence-electron chi connectivity index (χ3n) is 5.27. The number of carbonyl (C=O) groups is 3. The Kier molecular flexibility index (Phi) is 8.13. The van der Waals surface area contributed by atoms with Gasteiger partial charge in [-0.1, -0.05) is 55.6 Å². The Morgan fingerprint density at radius 2 is 1.03 bits per heavy atom. The van der Waals surface area contributed by atoms with Gasteiger partial charge in [-0.05, 0) is 81.1 Å². The van der Waals surface area contributed by atoms with E-state index in [1.807, 2.05) is 36.4 Å². The van der Waals surface area contributed by atoms with Gasteiger partial charge in [0.25, 0.3) is 0 Å². The van der Waals surface area contributed by atoms with Crippen LogP contribution in [0.2, 0.25) is 0 Å². The number of benzene rings is 3. The molecule has 0 radical (unpaired) electrons. The van der Waals surface area contributed by atoms with E-state index in [2.05, 4.69) is 13.2 Å². The van der Waals surface area contributed by atoms with Crippen molar-refractivity contribution in [1.82, 2.24) is 0 Å². The van der Waals surface area contributed by atoms with Gasteiger partial charge in [-0.15, -0.1) is 0 Å². The van der Waals surface area contributed by atoms with Crippen molar-refractivity contribution in [2.45, 2.75) is 34.6 Å². The van der Waals surface area contributed by atoms with Crippen molar-refractivity contribution in [1.29, 1.82) is 0 Å². The van der Waals surface area contributed by atoms with Gasteiger partial charge in [0.15, 0.2) is 11.5 Å². The lowest BCUT2D eigenvalue weighted by molar-refractivity contribution is -0.143. The fourth-order valence-corrected chi connectivity index (χ4v) is 3.06. The van der Waals surface area contributed by atoms with Crippen LogP contribution < -0.4 is 14.2 Å². The average Bonchev–Trinajstić information content (AvgIpc) is 2.84. The van der Waals surface area contributed by atoms with Crippen LogP contribution in [0.5, 0.6) is 17.2 Å². The predicted molar refractivity (Wildman–Crippen MR) is 143 cm³/mol. The first-order valence-corrected chi connectivity index (χ1v) is 11.7. The van der Waals surface area contributed by atoms with Crippen molar-refractivity contribution < 1.29 is 28.6 Å². The number of hydrogen-bond donors (Lipinski definition) is 0. The zero-order valence-electron chi connectivity index (χ0n) is 21.7. The van der Waals surface area contributed by atoms with Gasteiger partial charge in [0, 0.05) is 11.1 Å². The van der Waals surface area contributed by atoms with Crippen LogP contribution >= 0.6 is 0 Å². The molecule has 0 bridgehead atoms. The predicted octanol–water partition coefficient (Wildman–Crippen LogP) is 6.94. The van der Waals surface area contributed by atoms with Crippen LogP contribution in [-0.4, -0.2) is 17.9 Å². The number of rotatable bonds is 7. The maximum atomic E-state index is 12.4. The Morgan fingerprint density at radius 1 is 0.595 bits per heavy atom. The molecule has 0 N–H and O–H groups in total. The van der Waals surface area contributed by atoms with Gasteiger partial charge in [0.2, 0.25) is 0 Å². The van der Waals surface area contributed by atoms with E-state index in [1.54, 1.807) is 65.0 Å². The Labute approximate surface area is 217 Å². The molecule has 0 saturated heterocycles. The van der Waals surface area contributed by atoms with Crippen LogP contribution in [0.3, 0.4) is 0 Å². The quantitative estimate of drug-likeness (QED) is 0.200. The van der Waals surface area contributed by atoms with E-state index in [0.717, 1.165) is 22.3 Å². The summed E-state index contributed by atoms with van der Waals surface area (Å²) in [6, 6.07) is 20.0. The summed E-state index contributed by atoms with van der Waals surface area (Å²) in [5.41, 5.74) is 3.38. The van der Waals surface area contributed by atoms with Gasteiger partial charge in [-0.25, -0.2) is 9.59 Å². The van der Waals surface area contributed by atoms with Crippen molar-refractivity contribution in [3.8, 4) is 39.5 Å². The van der Waals surface area contributed by atoms with Crippen molar-refractivity contribution in [2.75, 3.05) is 0 Å². The lowest BCUT2D eigenvalue weighted by Gasteiger charge is -2.18. The van der Waals surface area contributed by atoms with Gasteiger partial charge in [0.05, 0.1) is 5.41 Å². The third-order valence-corrected chi connectivity index (χ3v) is 5.27. The summed E-state index contributed by atoms with van der Waals surface area (Å²) in [5.74, 6) is -0.799. The Bertz CT molecular complexity index is 1360. The topological polar surface area (TPSA) is 78.9 Å². The van der Waals surface area contributed by atoms with E-state index < -0.39 is 23.3 Å². The summed E-state index contributed by atoms with van der Waals surface area (Å²) in [6.45, 7) is 15.6. The van der Waals surface area contributed by atoms with Crippen LogP contribution in [0.25, 0.3) is 22.3 Å². The molecular formula is C31H30O6. The summed E-state index contributed by atoms with van der Waals surface area (Å²) in [6.07, 6.45) is 0. The minimum atomic E-state index is -0.728. The fourth-order valence-electron chi connectivity index (χ4n) is 3.06. The van der Waals surface area contributed by atoms with Crippen molar-refractivity contribution in [3.05, 3.63) is 91.0 Å². The molecule has 0 amide bonds. The van der Waals surface area contributed by atoms with Crippen LogP contribution in [0.4, 0.5) is 0 Å². The maximum Gasteiger partial charge on any atom is 0.338 e. The molecular weight excluding hydrogens is 468 g/mol. The Morgan fingerprint density at radius 3 is 1.51 bits per heavy atom. The van der Waals surface area contributed by atoms with Crippen molar-refractivity contribution in [2.24, 2.45) is 5.41 Å². The summed E-state index contributed by atoms with van der Waals surface area (Å²) in [7, 11) is 0. The molecule has 0 unspecified atom stereocenters. The standard InChI is InChI=1S/C31H30O6/c1-19(2)28(32)35-25-15-12-22(13-16-25)21-8-10-23(11-9-21)24-14-17-26(37-30(34)31(5,6)7)27(18-24)36-29(33)20(3)4/h8-18H,1,3H2,2,4-7H3. The monoisotopic (exact) mass is 498 g/mol. The Hall–Kier alpha value is -4.45. The first kappa shape index (κ1) is 27.1. The SMILES string of the molecule is C=C(C)C(=O)Oc1ccc(-c2ccc(-c3ccc(OC(=O)C(C)(C)C)c(OC(=O)C(=C)C)c3)cc2)cc1. The lowest BCUT2D eigenvalue weighted by atomic mass is 9.97. The molecule has 0 aromatic heterocycles. The molecule has 0 fully saturated rings. The van der Waals surface area contributed by atoms with Crippen LogP contribution in [0.15, 0.2) is 91.0 Å². The summed E-state index contributed by atoms with van der Waals surface area (Å²) in [5, 5.41) is 0. The molecule has 6 nitrogen and oxygen atoms in total. The van der Waals surface area contributed by atoms with E-state index in [-0.39, 0.29) is 17.1 Å². The van der Waals surface area contributed by atoms with E-state index in [0.29, 0.717) is 11.3 Å². The van der Waals surface area contributed by atoms with E-state index in [4.69, 9.17) is 14.2 Å². The molecule has 3 rings (SSSR count). The highest BCUT2D eigenvalue weighted by molar-refractivity contribution is 5.90. The van der Waals surface area contributed by atoms with Crippen molar-refractivity contribution >= 4 is 17.9 Å². The van der Waals surface area contributed by atoms with E-state index in [9.17, 15) is 14.4 Å². The molecule has 3 aromatic carbocycles. The fraction of sp³-hybridized carbons (Fsp3) is 0.194. The summed E-state index contributed by atoms with van der Waals surface area (Å²) < 4.78 is 16.2. The number of hydrogen-bond acceptors (Lipinski definition) is 6. The average molecular weight is 499 g/mol. The molecule has 0 aliphatic rings. The molecule has 0 heterocycles. The minimum absolute atomic E-state index is 0.132. The second-order valence-electron chi connectivity index (χ2n) is 9.74. The molecule has 0 aliphatic heterocycles. The minimum Gasteiger partial charge on any atom is -0.423 e. The highest BCUT2D eigenvalue weighted by atomic mass is 16.6. The zero-order chi connectivity index (χ0) is 27.3. The van der Waals surface area contributed by atoms with Gasteiger partial charge in [-0.2, -0.15) is 0 Å². The number of esters is 3. The van der Waals surface area contributed by atoms with Gasteiger partial charge in [0.1, 0.15) is 5.75 Å². The first-order chi connectivity index (χ1) is 17.3. The summed E-state index contributed by atoms with van der Waals surface area (Å²) >= 11 is 0. The summed E-state index contributed by atoms with van der Waals surface area (Å²) in [4.78, 5) is 36.3. The maximum absolute atomic E-state index is 12.4. The second kappa shape index (κ2) is 11.1. The van der Waals surface area contributed by atoms with Gasteiger partial charge < -0.3 is 14.2 Å². The second-order valence-corrected chi connectivity index (χ2v) is 9.74. The third kappa shape index (κ3) is 7.04. The molecule has 3 aromatic rings. The highest BCUT2D eigenvalue weighted by Crippen LogP contribution is 2.35.